The highest BCUT2D eigenvalue weighted by Crippen LogP contribution is 2.18. The first kappa shape index (κ1) is 18.5. The molecule has 132 valence electrons. The largest absolute Gasteiger partial charge is 0.496 e. The average molecular weight is 341 g/mol. The molecule has 0 heterocycles. The van der Waals surface area contributed by atoms with Gasteiger partial charge in [0, 0.05) is 12.1 Å². The van der Waals surface area contributed by atoms with Crippen LogP contribution in [0, 0.1) is 12.8 Å². The molecular weight excluding hydrogens is 318 g/mol. The van der Waals surface area contributed by atoms with Crippen LogP contribution >= 0.6 is 0 Å². The number of para-hydroxylation sites is 1. The van der Waals surface area contributed by atoms with Crippen molar-refractivity contribution in [3.8, 4) is 5.75 Å². The van der Waals surface area contributed by atoms with Gasteiger partial charge >= 0.3 is 5.97 Å². The summed E-state index contributed by atoms with van der Waals surface area (Å²) in [6.45, 7) is 2.05. The van der Waals surface area contributed by atoms with Gasteiger partial charge in [0.25, 0.3) is 0 Å². The molecule has 0 saturated heterocycles. The van der Waals surface area contributed by atoms with Crippen molar-refractivity contribution in [1.82, 2.24) is 5.32 Å². The maximum absolute atomic E-state index is 12.2. The van der Waals surface area contributed by atoms with Crippen LogP contribution in [0.3, 0.4) is 0 Å². The van der Waals surface area contributed by atoms with Crippen molar-refractivity contribution in [3.05, 3.63) is 65.2 Å². The summed E-state index contributed by atoms with van der Waals surface area (Å²) in [5.74, 6) is -1.16. The van der Waals surface area contributed by atoms with E-state index in [0.29, 0.717) is 12.2 Å². The molecule has 0 saturated carbocycles. The van der Waals surface area contributed by atoms with Crippen molar-refractivity contribution in [1.29, 1.82) is 0 Å². The number of nitrogens with one attached hydrogen (secondary N) is 1. The molecular formula is C20H23NO4. The van der Waals surface area contributed by atoms with Gasteiger partial charge < -0.3 is 15.2 Å². The number of hydrogen-bond donors (Lipinski definition) is 2. The van der Waals surface area contributed by atoms with Gasteiger partial charge in [-0.05, 0) is 30.5 Å². The summed E-state index contributed by atoms with van der Waals surface area (Å²) in [7, 11) is 1.55. The molecule has 25 heavy (non-hydrogen) atoms. The average Bonchev–Trinajstić information content (AvgIpc) is 2.60. The van der Waals surface area contributed by atoms with Crippen LogP contribution in [0.25, 0.3) is 0 Å². The number of methoxy groups -OCH3 is 1. The Morgan fingerprint density at radius 2 is 1.72 bits per heavy atom. The highest BCUT2D eigenvalue weighted by molar-refractivity contribution is 5.80. The molecule has 0 fully saturated rings. The second kappa shape index (κ2) is 8.87. The molecule has 0 spiro atoms. The molecule has 5 nitrogen and oxygen atoms in total. The highest BCUT2D eigenvalue weighted by Gasteiger charge is 2.20. The zero-order valence-corrected chi connectivity index (χ0v) is 14.5. The van der Waals surface area contributed by atoms with E-state index >= 15 is 0 Å². The lowest BCUT2D eigenvalue weighted by Gasteiger charge is -2.15. The number of hydrogen-bond acceptors (Lipinski definition) is 3. The third kappa shape index (κ3) is 5.35. The van der Waals surface area contributed by atoms with E-state index in [1.165, 1.54) is 0 Å². The van der Waals surface area contributed by atoms with Gasteiger partial charge in [-0.15, -0.1) is 0 Å². The summed E-state index contributed by atoms with van der Waals surface area (Å²) in [6.07, 6.45) is 0.539. The van der Waals surface area contributed by atoms with Gasteiger partial charge in [-0.3, -0.25) is 9.59 Å². The Hall–Kier alpha value is -2.82. The van der Waals surface area contributed by atoms with Gasteiger partial charge in [0.1, 0.15) is 5.75 Å². The van der Waals surface area contributed by atoms with Gasteiger partial charge in [-0.2, -0.15) is 0 Å². The lowest BCUT2D eigenvalue weighted by Crippen LogP contribution is -2.35. The van der Waals surface area contributed by atoms with Crippen molar-refractivity contribution in [2.75, 3.05) is 13.7 Å². The number of benzene rings is 2. The Morgan fingerprint density at radius 1 is 1.08 bits per heavy atom. The van der Waals surface area contributed by atoms with Crippen molar-refractivity contribution >= 4 is 11.9 Å². The van der Waals surface area contributed by atoms with Crippen LogP contribution in [0.4, 0.5) is 0 Å². The Labute approximate surface area is 147 Å². The third-order valence-corrected chi connectivity index (χ3v) is 4.17. The predicted octanol–water partition coefficient (Wildman–Crippen LogP) is 2.61. The van der Waals surface area contributed by atoms with E-state index in [1.54, 1.807) is 13.2 Å². The van der Waals surface area contributed by atoms with E-state index in [0.717, 1.165) is 16.7 Å². The Kier molecular flexibility index (Phi) is 6.57. The van der Waals surface area contributed by atoms with Crippen LogP contribution in [-0.2, 0) is 22.4 Å². The normalized spacial score (nSPS) is 11.6. The van der Waals surface area contributed by atoms with E-state index in [4.69, 9.17) is 4.74 Å². The maximum atomic E-state index is 12.2. The van der Waals surface area contributed by atoms with Crippen molar-refractivity contribution < 1.29 is 19.4 Å². The first-order valence-corrected chi connectivity index (χ1v) is 8.17. The van der Waals surface area contributed by atoms with Gasteiger partial charge in [0.15, 0.2) is 0 Å². The van der Waals surface area contributed by atoms with Crippen LogP contribution < -0.4 is 10.1 Å². The molecule has 0 aliphatic carbocycles. The maximum Gasteiger partial charge on any atom is 0.308 e. The number of carbonyl (C=O) groups is 2. The molecule has 0 aromatic heterocycles. The topological polar surface area (TPSA) is 75.6 Å². The zero-order valence-electron chi connectivity index (χ0n) is 14.5. The molecule has 2 aromatic carbocycles. The fraction of sp³-hybridized carbons (Fsp3) is 0.300. The fourth-order valence-electron chi connectivity index (χ4n) is 2.67. The highest BCUT2D eigenvalue weighted by atomic mass is 16.5. The SMILES string of the molecule is COc1ccccc1CC(=O)NC[C@H](Cc1ccccc1C)C(=O)O. The molecule has 0 unspecified atom stereocenters. The smallest absolute Gasteiger partial charge is 0.308 e. The Bertz CT molecular complexity index is 742. The Morgan fingerprint density at radius 3 is 2.36 bits per heavy atom. The molecule has 0 bridgehead atoms. The second-order valence-corrected chi connectivity index (χ2v) is 5.96. The van der Waals surface area contributed by atoms with E-state index in [-0.39, 0.29) is 18.9 Å². The van der Waals surface area contributed by atoms with Crippen LogP contribution in [0.15, 0.2) is 48.5 Å². The summed E-state index contributed by atoms with van der Waals surface area (Å²) >= 11 is 0. The lowest BCUT2D eigenvalue weighted by molar-refractivity contribution is -0.141. The molecule has 2 N–H and O–H groups in total. The molecule has 1 atom stereocenters. The zero-order chi connectivity index (χ0) is 18.2. The summed E-state index contributed by atoms with van der Waals surface area (Å²) < 4.78 is 5.23. The summed E-state index contributed by atoms with van der Waals surface area (Å²) in [4.78, 5) is 23.7. The molecule has 2 rings (SSSR count). The second-order valence-electron chi connectivity index (χ2n) is 5.96. The first-order valence-electron chi connectivity index (χ1n) is 8.17. The summed E-state index contributed by atoms with van der Waals surface area (Å²) in [5, 5.41) is 12.2. The number of carbonyl (C=O) groups excluding carboxylic acids is 1. The monoisotopic (exact) mass is 341 g/mol. The molecule has 0 radical (unpaired) electrons. The van der Waals surface area contributed by atoms with Gasteiger partial charge in [0.2, 0.25) is 5.91 Å². The molecule has 0 aliphatic heterocycles. The van der Waals surface area contributed by atoms with Gasteiger partial charge in [0.05, 0.1) is 19.4 Å². The van der Waals surface area contributed by atoms with Crippen molar-refractivity contribution in [2.45, 2.75) is 19.8 Å². The number of amides is 1. The number of aliphatic carboxylic acids is 1. The third-order valence-electron chi connectivity index (χ3n) is 4.17. The Balaban J connectivity index is 1.95. The number of rotatable bonds is 8. The van der Waals surface area contributed by atoms with E-state index < -0.39 is 11.9 Å². The lowest BCUT2D eigenvalue weighted by atomic mass is 9.96. The molecule has 5 heteroatoms. The number of carboxylic acid groups (broad SMARTS) is 1. The molecule has 2 aromatic rings. The van der Waals surface area contributed by atoms with E-state index in [9.17, 15) is 14.7 Å². The summed E-state index contributed by atoms with van der Waals surface area (Å²) in [5.41, 5.74) is 2.80. The first-order chi connectivity index (χ1) is 12.0. The standard InChI is InChI=1S/C20H23NO4/c1-14-7-3-4-8-15(14)11-17(20(23)24)13-21-19(22)12-16-9-5-6-10-18(16)25-2/h3-10,17H,11-13H2,1-2H3,(H,21,22)(H,23,24)/t17-/m0/s1. The molecule has 0 aliphatic rings. The molecule has 1 amide bonds. The minimum absolute atomic E-state index is 0.0949. The number of ether oxygens (including phenoxy) is 1. The quantitative estimate of drug-likeness (QED) is 0.774. The van der Waals surface area contributed by atoms with E-state index in [1.807, 2.05) is 49.4 Å². The van der Waals surface area contributed by atoms with E-state index in [2.05, 4.69) is 5.32 Å². The number of carboxylic acids is 1. The minimum atomic E-state index is -0.916. The minimum Gasteiger partial charge on any atom is -0.496 e. The number of aryl methyl sites for hydroxylation is 1. The van der Waals surface area contributed by atoms with Crippen molar-refractivity contribution in [2.24, 2.45) is 5.92 Å². The summed E-state index contributed by atoms with van der Waals surface area (Å²) in [6, 6.07) is 15.0. The fourth-order valence-corrected chi connectivity index (χ4v) is 2.67. The van der Waals surface area contributed by atoms with Crippen LogP contribution in [0.5, 0.6) is 5.75 Å². The van der Waals surface area contributed by atoms with Crippen molar-refractivity contribution in [3.63, 3.8) is 0 Å². The van der Waals surface area contributed by atoms with Crippen LogP contribution in [0.2, 0.25) is 0 Å². The van der Waals surface area contributed by atoms with Crippen LogP contribution in [-0.4, -0.2) is 30.6 Å². The van der Waals surface area contributed by atoms with Gasteiger partial charge in [-0.25, -0.2) is 0 Å². The van der Waals surface area contributed by atoms with Gasteiger partial charge in [-0.1, -0.05) is 42.5 Å². The van der Waals surface area contributed by atoms with Crippen LogP contribution in [0.1, 0.15) is 16.7 Å². The predicted molar refractivity (Wildman–Crippen MR) is 95.7 cm³/mol.